The number of ether oxygens (including phenoxy) is 2. The number of nitrogens with zero attached hydrogens (tertiary/aromatic N) is 1. The lowest BCUT2D eigenvalue weighted by Crippen LogP contribution is -2.45. The Hall–Kier alpha value is -1.30. The largest absolute Gasteiger partial charge is 0.481 e. The monoisotopic (exact) mass is 343 g/mol. The van der Waals surface area contributed by atoms with Gasteiger partial charge in [0.15, 0.2) is 0 Å². The van der Waals surface area contributed by atoms with Crippen LogP contribution in [0.25, 0.3) is 0 Å². The number of carboxylic acid groups (broad SMARTS) is 1. The van der Waals surface area contributed by atoms with Crippen LogP contribution in [-0.2, 0) is 14.3 Å². The lowest BCUT2D eigenvalue weighted by molar-refractivity contribution is -0.138. The fraction of sp³-hybridized carbons (Fsp3) is 0.889. The van der Waals surface area contributed by atoms with Crippen molar-refractivity contribution in [1.82, 2.24) is 4.90 Å². The van der Waals surface area contributed by atoms with Crippen molar-refractivity contribution in [3.8, 4) is 0 Å². The predicted octanol–water partition coefficient (Wildman–Crippen LogP) is 3.68. The van der Waals surface area contributed by atoms with Crippen molar-refractivity contribution in [3.63, 3.8) is 0 Å². The number of aliphatic carboxylic acids is 1. The van der Waals surface area contributed by atoms with E-state index in [9.17, 15) is 9.59 Å². The van der Waals surface area contributed by atoms with Gasteiger partial charge in [0, 0.05) is 19.2 Å². The van der Waals surface area contributed by atoms with E-state index in [0.717, 1.165) is 31.6 Å². The van der Waals surface area contributed by atoms with Crippen molar-refractivity contribution in [1.29, 1.82) is 0 Å². The van der Waals surface area contributed by atoms with Gasteiger partial charge < -0.3 is 19.5 Å². The fourth-order valence-electron chi connectivity index (χ4n) is 2.90. The van der Waals surface area contributed by atoms with Gasteiger partial charge >= 0.3 is 12.1 Å². The molecule has 6 heteroatoms. The topological polar surface area (TPSA) is 76.1 Å². The second-order valence-electron chi connectivity index (χ2n) is 7.70. The van der Waals surface area contributed by atoms with Crippen molar-refractivity contribution >= 4 is 12.1 Å². The Morgan fingerprint density at radius 3 is 2.29 bits per heavy atom. The first-order chi connectivity index (χ1) is 11.2. The summed E-state index contributed by atoms with van der Waals surface area (Å²) in [5, 5.41) is 8.58. The number of amides is 1. The molecule has 0 unspecified atom stereocenters. The van der Waals surface area contributed by atoms with Crippen LogP contribution in [0.5, 0.6) is 0 Å². The Labute approximate surface area is 145 Å². The van der Waals surface area contributed by atoms with Crippen LogP contribution in [0.3, 0.4) is 0 Å². The van der Waals surface area contributed by atoms with E-state index in [4.69, 9.17) is 14.6 Å². The van der Waals surface area contributed by atoms with Crippen molar-refractivity contribution in [3.05, 3.63) is 0 Å². The summed E-state index contributed by atoms with van der Waals surface area (Å²) in [5.74, 6) is -0.136. The van der Waals surface area contributed by atoms with E-state index in [0.29, 0.717) is 19.6 Å². The molecule has 140 valence electrons. The summed E-state index contributed by atoms with van der Waals surface area (Å²) in [6, 6.07) is 0.232. The molecule has 24 heavy (non-hydrogen) atoms. The van der Waals surface area contributed by atoms with Gasteiger partial charge in [-0.1, -0.05) is 6.92 Å². The molecule has 1 saturated carbocycles. The summed E-state index contributed by atoms with van der Waals surface area (Å²) in [6.07, 6.45) is 4.74. The van der Waals surface area contributed by atoms with Crippen LogP contribution in [-0.4, -0.2) is 53.5 Å². The maximum absolute atomic E-state index is 12.5. The highest BCUT2D eigenvalue weighted by atomic mass is 16.6. The zero-order chi connectivity index (χ0) is 18.2. The molecule has 1 fully saturated rings. The normalized spacial score (nSPS) is 21.3. The third kappa shape index (κ3) is 8.52. The highest BCUT2D eigenvalue weighted by Crippen LogP contribution is 2.28. The SMILES string of the molecule is CC1CCC(N(CCCOCCC(=O)O)C(=O)OC(C)(C)C)CC1. The minimum absolute atomic E-state index is 0.0102. The number of carbonyl (C=O) groups is 2. The fourth-order valence-corrected chi connectivity index (χ4v) is 2.90. The Kier molecular flexibility index (Phi) is 8.53. The second kappa shape index (κ2) is 9.87. The smallest absolute Gasteiger partial charge is 0.410 e. The van der Waals surface area contributed by atoms with Crippen molar-refractivity contribution in [2.45, 2.75) is 77.9 Å². The molecule has 1 aliphatic carbocycles. The average molecular weight is 343 g/mol. The maximum atomic E-state index is 12.5. The van der Waals surface area contributed by atoms with Gasteiger partial charge in [-0.05, 0) is 58.8 Å². The van der Waals surface area contributed by atoms with E-state index in [-0.39, 0.29) is 25.2 Å². The minimum Gasteiger partial charge on any atom is -0.481 e. The first-order valence-electron chi connectivity index (χ1n) is 8.98. The lowest BCUT2D eigenvalue weighted by atomic mass is 9.86. The molecule has 0 aliphatic heterocycles. The summed E-state index contributed by atoms with van der Waals surface area (Å²) < 4.78 is 10.9. The average Bonchev–Trinajstić information content (AvgIpc) is 2.45. The molecule has 1 rings (SSSR count). The third-order valence-electron chi connectivity index (χ3n) is 4.20. The minimum atomic E-state index is -0.860. The molecule has 0 radical (unpaired) electrons. The summed E-state index contributed by atoms with van der Waals surface area (Å²) in [7, 11) is 0. The van der Waals surface area contributed by atoms with Gasteiger partial charge in [0.2, 0.25) is 0 Å². The molecule has 6 nitrogen and oxygen atoms in total. The molecule has 0 bridgehead atoms. The molecular weight excluding hydrogens is 310 g/mol. The summed E-state index contributed by atoms with van der Waals surface area (Å²) in [5.41, 5.74) is -0.505. The van der Waals surface area contributed by atoms with Crippen molar-refractivity contribution < 1.29 is 24.2 Å². The van der Waals surface area contributed by atoms with Gasteiger partial charge in [-0.25, -0.2) is 4.79 Å². The molecule has 0 saturated heterocycles. The van der Waals surface area contributed by atoms with Gasteiger partial charge in [-0.2, -0.15) is 0 Å². The van der Waals surface area contributed by atoms with Gasteiger partial charge in [-0.3, -0.25) is 4.79 Å². The first-order valence-corrected chi connectivity index (χ1v) is 8.98. The van der Waals surface area contributed by atoms with Crippen LogP contribution in [0.2, 0.25) is 0 Å². The van der Waals surface area contributed by atoms with E-state index < -0.39 is 11.6 Å². The quantitative estimate of drug-likeness (QED) is 0.680. The Balaban J connectivity index is 2.48. The third-order valence-corrected chi connectivity index (χ3v) is 4.20. The van der Waals surface area contributed by atoms with E-state index >= 15 is 0 Å². The second-order valence-corrected chi connectivity index (χ2v) is 7.70. The Morgan fingerprint density at radius 2 is 1.75 bits per heavy atom. The number of hydrogen-bond acceptors (Lipinski definition) is 4. The van der Waals surface area contributed by atoms with Gasteiger partial charge in [0.25, 0.3) is 0 Å². The zero-order valence-corrected chi connectivity index (χ0v) is 15.5. The molecule has 0 spiro atoms. The molecule has 1 amide bonds. The van der Waals surface area contributed by atoms with Crippen LogP contribution in [0.1, 0.15) is 66.2 Å². The zero-order valence-electron chi connectivity index (χ0n) is 15.5. The maximum Gasteiger partial charge on any atom is 0.410 e. The Bertz CT molecular complexity index is 397. The molecule has 0 aromatic heterocycles. The molecule has 0 atom stereocenters. The van der Waals surface area contributed by atoms with Gasteiger partial charge in [-0.15, -0.1) is 0 Å². The number of hydrogen-bond donors (Lipinski definition) is 1. The first kappa shape index (κ1) is 20.7. The van der Waals surface area contributed by atoms with Crippen molar-refractivity contribution in [2.24, 2.45) is 5.92 Å². The highest BCUT2D eigenvalue weighted by molar-refractivity contribution is 5.68. The van der Waals surface area contributed by atoms with Crippen LogP contribution >= 0.6 is 0 Å². The Morgan fingerprint density at radius 1 is 1.12 bits per heavy atom. The molecule has 0 aromatic carbocycles. The number of carboxylic acids is 1. The molecule has 1 aliphatic rings. The molecule has 1 N–H and O–H groups in total. The van der Waals surface area contributed by atoms with E-state index in [1.54, 1.807) is 0 Å². The predicted molar refractivity (Wildman–Crippen MR) is 92.0 cm³/mol. The van der Waals surface area contributed by atoms with E-state index in [2.05, 4.69) is 6.92 Å². The van der Waals surface area contributed by atoms with Crippen molar-refractivity contribution in [2.75, 3.05) is 19.8 Å². The van der Waals surface area contributed by atoms with E-state index in [1.807, 2.05) is 25.7 Å². The molecular formula is C18H33NO5. The number of carbonyl (C=O) groups excluding carboxylic acids is 1. The summed E-state index contributed by atoms with van der Waals surface area (Å²) >= 11 is 0. The lowest BCUT2D eigenvalue weighted by Gasteiger charge is -2.37. The van der Waals surface area contributed by atoms with Gasteiger partial charge in [0.05, 0.1) is 13.0 Å². The van der Waals surface area contributed by atoms with Crippen LogP contribution < -0.4 is 0 Å². The van der Waals surface area contributed by atoms with E-state index in [1.165, 1.54) is 0 Å². The van der Waals surface area contributed by atoms with Gasteiger partial charge in [0.1, 0.15) is 5.60 Å². The summed E-state index contributed by atoms with van der Waals surface area (Å²) in [4.78, 5) is 24.8. The molecule has 0 heterocycles. The highest BCUT2D eigenvalue weighted by Gasteiger charge is 2.30. The molecule has 0 aromatic rings. The summed E-state index contributed by atoms with van der Waals surface area (Å²) in [6.45, 7) is 9.13. The standard InChI is InChI=1S/C18H33NO5/c1-14-6-8-15(9-7-14)19(17(22)24-18(2,3)4)11-5-12-23-13-10-16(20)21/h14-15H,5-13H2,1-4H3,(H,20,21). The van der Waals surface area contributed by atoms with Crippen LogP contribution in [0.4, 0.5) is 4.79 Å². The van der Waals surface area contributed by atoms with Crippen LogP contribution in [0.15, 0.2) is 0 Å². The number of rotatable bonds is 8. The van der Waals surface area contributed by atoms with Crippen LogP contribution in [0, 0.1) is 5.92 Å².